The summed E-state index contributed by atoms with van der Waals surface area (Å²) in [6.45, 7) is 10.6. The Morgan fingerprint density at radius 3 is 2.65 bits per heavy atom. The maximum atomic E-state index is 6.16. The van der Waals surface area contributed by atoms with E-state index in [1.807, 2.05) is 0 Å². The van der Waals surface area contributed by atoms with Crippen LogP contribution in [0.5, 0.6) is 0 Å². The molecule has 0 aromatic rings. The first-order valence-electron chi connectivity index (χ1n) is 7.08. The van der Waals surface area contributed by atoms with Crippen molar-refractivity contribution >= 4 is 0 Å². The van der Waals surface area contributed by atoms with Crippen LogP contribution in [0.1, 0.15) is 46.5 Å². The van der Waals surface area contributed by atoms with Crippen LogP contribution in [0, 0.1) is 5.41 Å². The Kier molecular flexibility index (Phi) is 3.81. The molecular weight excluding hydrogens is 212 g/mol. The summed E-state index contributed by atoms with van der Waals surface area (Å²) in [6.07, 6.45) is 4.97. The van der Waals surface area contributed by atoms with Crippen LogP contribution >= 0.6 is 0 Å². The lowest BCUT2D eigenvalue weighted by Crippen LogP contribution is -2.60. The van der Waals surface area contributed by atoms with Crippen LogP contribution in [0.4, 0.5) is 0 Å². The van der Waals surface area contributed by atoms with E-state index in [1.165, 1.54) is 25.7 Å². The Bertz CT molecular complexity index is 267. The highest BCUT2D eigenvalue weighted by Crippen LogP contribution is 2.47. The predicted octanol–water partition coefficient (Wildman–Crippen LogP) is 2.00. The topological polar surface area (TPSA) is 38.5 Å². The molecule has 2 rings (SSSR count). The van der Waals surface area contributed by atoms with Gasteiger partial charge < -0.3 is 10.5 Å². The molecule has 17 heavy (non-hydrogen) atoms. The van der Waals surface area contributed by atoms with Crippen LogP contribution in [-0.2, 0) is 4.74 Å². The molecular formula is C14H28N2O. The molecule has 1 aliphatic heterocycles. The molecule has 0 amide bonds. The largest absolute Gasteiger partial charge is 0.378 e. The summed E-state index contributed by atoms with van der Waals surface area (Å²) >= 11 is 0. The summed E-state index contributed by atoms with van der Waals surface area (Å²) in [5.74, 6) is 0. The van der Waals surface area contributed by atoms with E-state index in [0.29, 0.717) is 11.5 Å². The van der Waals surface area contributed by atoms with Crippen LogP contribution in [-0.4, -0.2) is 42.8 Å². The third-order valence-electron chi connectivity index (χ3n) is 4.76. The molecule has 0 spiro atoms. The summed E-state index contributed by atoms with van der Waals surface area (Å²) in [5, 5.41) is 0. The molecule has 3 nitrogen and oxygen atoms in total. The van der Waals surface area contributed by atoms with Gasteiger partial charge in [0.25, 0.3) is 0 Å². The van der Waals surface area contributed by atoms with Crippen molar-refractivity contribution in [3.63, 3.8) is 0 Å². The normalized spacial score (nSPS) is 38.5. The minimum atomic E-state index is 0.244. The number of hydrogen-bond donors (Lipinski definition) is 1. The maximum Gasteiger partial charge on any atom is 0.0622 e. The van der Waals surface area contributed by atoms with Crippen LogP contribution in [0.2, 0.25) is 0 Å². The van der Waals surface area contributed by atoms with Gasteiger partial charge in [0.1, 0.15) is 0 Å². The Morgan fingerprint density at radius 2 is 2.12 bits per heavy atom. The number of morpholine rings is 1. The van der Waals surface area contributed by atoms with Gasteiger partial charge in [-0.3, -0.25) is 4.90 Å². The molecule has 1 saturated heterocycles. The summed E-state index contributed by atoms with van der Waals surface area (Å²) in [4.78, 5) is 2.67. The molecule has 2 N–H and O–H groups in total. The van der Waals surface area contributed by atoms with E-state index in [9.17, 15) is 0 Å². The van der Waals surface area contributed by atoms with Crippen molar-refractivity contribution in [1.29, 1.82) is 0 Å². The quantitative estimate of drug-likeness (QED) is 0.820. The Labute approximate surface area is 106 Å². The molecule has 2 unspecified atom stereocenters. The van der Waals surface area contributed by atoms with Crippen molar-refractivity contribution < 1.29 is 4.74 Å². The number of hydrogen-bond acceptors (Lipinski definition) is 3. The Hall–Kier alpha value is -0.120. The fraction of sp³-hybridized carbons (Fsp3) is 1.00. The summed E-state index contributed by atoms with van der Waals surface area (Å²) in [7, 11) is 0. The van der Waals surface area contributed by atoms with E-state index in [2.05, 4.69) is 25.7 Å². The molecule has 1 saturated carbocycles. The average molecular weight is 240 g/mol. The van der Waals surface area contributed by atoms with Crippen molar-refractivity contribution in [3.05, 3.63) is 0 Å². The second-order valence-electron chi connectivity index (χ2n) is 6.60. The van der Waals surface area contributed by atoms with Crippen molar-refractivity contribution in [2.75, 3.05) is 26.3 Å². The maximum absolute atomic E-state index is 6.16. The van der Waals surface area contributed by atoms with E-state index < -0.39 is 0 Å². The third kappa shape index (κ3) is 2.51. The highest BCUT2D eigenvalue weighted by atomic mass is 16.5. The standard InChI is InChI=1S/C14H28N2O/c1-4-12-9-17-8-7-16(12)14(11-15)6-5-13(2,3)10-14/h12H,4-11,15H2,1-3H3. The minimum absolute atomic E-state index is 0.244. The van der Waals surface area contributed by atoms with E-state index in [4.69, 9.17) is 10.5 Å². The van der Waals surface area contributed by atoms with Crippen molar-refractivity contribution in [3.8, 4) is 0 Å². The van der Waals surface area contributed by atoms with Gasteiger partial charge >= 0.3 is 0 Å². The zero-order valence-electron chi connectivity index (χ0n) is 11.7. The molecule has 0 aromatic heterocycles. The van der Waals surface area contributed by atoms with E-state index in [1.54, 1.807) is 0 Å². The van der Waals surface area contributed by atoms with Crippen LogP contribution < -0.4 is 5.73 Å². The van der Waals surface area contributed by atoms with Gasteiger partial charge in [0.05, 0.1) is 13.2 Å². The first kappa shape index (κ1) is 13.3. The number of nitrogens with two attached hydrogens (primary N) is 1. The minimum Gasteiger partial charge on any atom is -0.378 e. The summed E-state index contributed by atoms with van der Waals surface area (Å²) in [5.41, 5.74) is 6.85. The van der Waals surface area contributed by atoms with E-state index in [-0.39, 0.29) is 5.54 Å². The van der Waals surface area contributed by atoms with E-state index in [0.717, 1.165) is 26.3 Å². The highest BCUT2D eigenvalue weighted by molar-refractivity contribution is 5.04. The van der Waals surface area contributed by atoms with Gasteiger partial charge in [-0.15, -0.1) is 0 Å². The van der Waals surface area contributed by atoms with Crippen LogP contribution in [0.15, 0.2) is 0 Å². The third-order valence-corrected chi connectivity index (χ3v) is 4.76. The van der Waals surface area contributed by atoms with Gasteiger partial charge in [-0.1, -0.05) is 20.8 Å². The Morgan fingerprint density at radius 1 is 1.35 bits per heavy atom. The van der Waals surface area contributed by atoms with E-state index >= 15 is 0 Å². The lowest BCUT2D eigenvalue weighted by Gasteiger charge is -2.48. The molecule has 2 aliphatic rings. The Balaban J connectivity index is 2.16. The predicted molar refractivity (Wildman–Crippen MR) is 71.0 cm³/mol. The smallest absolute Gasteiger partial charge is 0.0622 e. The van der Waals surface area contributed by atoms with Crippen molar-refractivity contribution in [1.82, 2.24) is 4.90 Å². The molecule has 1 heterocycles. The average Bonchev–Trinajstić information content (AvgIpc) is 2.66. The van der Waals surface area contributed by atoms with Gasteiger partial charge in [0, 0.05) is 24.7 Å². The molecule has 2 fully saturated rings. The van der Waals surface area contributed by atoms with Crippen molar-refractivity contribution in [2.24, 2.45) is 11.1 Å². The zero-order chi connectivity index (χ0) is 12.5. The molecule has 0 bridgehead atoms. The molecule has 0 radical (unpaired) electrons. The summed E-state index contributed by atoms with van der Waals surface area (Å²) < 4.78 is 5.62. The number of ether oxygens (including phenoxy) is 1. The first-order chi connectivity index (χ1) is 8.03. The molecule has 3 heteroatoms. The second kappa shape index (κ2) is 4.87. The summed E-state index contributed by atoms with van der Waals surface area (Å²) in [6, 6.07) is 0.571. The fourth-order valence-electron chi connectivity index (χ4n) is 3.79. The second-order valence-corrected chi connectivity index (χ2v) is 6.60. The van der Waals surface area contributed by atoms with Gasteiger partial charge in [-0.2, -0.15) is 0 Å². The molecule has 2 atom stereocenters. The first-order valence-corrected chi connectivity index (χ1v) is 7.08. The molecule has 100 valence electrons. The van der Waals surface area contributed by atoms with Gasteiger partial charge in [0.15, 0.2) is 0 Å². The van der Waals surface area contributed by atoms with Gasteiger partial charge in [-0.25, -0.2) is 0 Å². The van der Waals surface area contributed by atoms with Crippen LogP contribution in [0.25, 0.3) is 0 Å². The van der Waals surface area contributed by atoms with Crippen LogP contribution in [0.3, 0.4) is 0 Å². The number of nitrogens with zero attached hydrogens (tertiary/aromatic N) is 1. The molecule has 0 aromatic carbocycles. The number of rotatable bonds is 3. The monoisotopic (exact) mass is 240 g/mol. The lowest BCUT2D eigenvalue weighted by molar-refractivity contribution is -0.0647. The van der Waals surface area contributed by atoms with Gasteiger partial charge in [-0.05, 0) is 31.1 Å². The highest BCUT2D eigenvalue weighted by Gasteiger charge is 2.48. The molecule has 1 aliphatic carbocycles. The SMILES string of the molecule is CCC1COCCN1C1(CN)CCC(C)(C)C1. The van der Waals surface area contributed by atoms with Crippen molar-refractivity contribution in [2.45, 2.75) is 58.0 Å². The lowest BCUT2D eigenvalue weighted by atomic mass is 9.85. The zero-order valence-corrected chi connectivity index (χ0v) is 11.7. The fourth-order valence-corrected chi connectivity index (χ4v) is 3.79. The van der Waals surface area contributed by atoms with Gasteiger partial charge in [0.2, 0.25) is 0 Å².